The van der Waals surface area contributed by atoms with Gasteiger partial charge in [-0.3, -0.25) is 0 Å². The molecule has 0 unspecified atom stereocenters. The number of rotatable bonds is 3. The molecular weight excluding hydrogens is 236 g/mol. The first-order chi connectivity index (χ1) is 7.92. The maximum absolute atomic E-state index is 11.9. The first-order valence-electron chi connectivity index (χ1n) is 5.69. The van der Waals surface area contributed by atoms with E-state index in [4.69, 9.17) is 0 Å². The maximum Gasteiger partial charge on any atom is 0.279 e. The molecule has 0 heterocycles. The minimum atomic E-state index is -3.37. The van der Waals surface area contributed by atoms with E-state index in [9.17, 15) is 8.42 Å². The van der Waals surface area contributed by atoms with Crippen LogP contribution in [-0.2, 0) is 16.6 Å². The second-order valence-electron chi connectivity index (χ2n) is 4.76. The normalized spacial score (nSPS) is 24.0. The number of fused-ring (bicyclic) bond motifs is 1. The van der Waals surface area contributed by atoms with Crippen LogP contribution in [0.4, 0.5) is 0 Å². The summed E-state index contributed by atoms with van der Waals surface area (Å²) in [6, 6.07) is 7.90. The van der Waals surface area contributed by atoms with Gasteiger partial charge in [-0.15, -0.1) is 0 Å². The molecular formula is C12H18N2O2S. The molecule has 2 atom stereocenters. The average molecular weight is 254 g/mol. The summed E-state index contributed by atoms with van der Waals surface area (Å²) in [6.45, 7) is 2.07. The number of nitrogens with one attached hydrogen (secondary N) is 1. The highest BCUT2D eigenvalue weighted by molar-refractivity contribution is 7.87. The van der Waals surface area contributed by atoms with Crippen molar-refractivity contribution in [2.75, 3.05) is 14.1 Å². The van der Waals surface area contributed by atoms with Gasteiger partial charge in [0.25, 0.3) is 10.2 Å². The molecule has 5 heteroatoms. The van der Waals surface area contributed by atoms with Crippen molar-refractivity contribution >= 4 is 10.2 Å². The van der Waals surface area contributed by atoms with E-state index in [-0.39, 0.29) is 6.04 Å². The molecule has 0 aromatic heterocycles. The fourth-order valence-corrected chi connectivity index (χ4v) is 3.13. The quantitative estimate of drug-likeness (QED) is 0.884. The summed E-state index contributed by atoms with van der Waals surface area (Å²) in [7, 11) is -0.303. The Balaban J connectivity index is 2.29. The van der Waals surface area contributed by atoms with Crippen LogP contribution in [-0.4, -0.2) is 26.8 Å². The Morgan fingerprint density at radius 3 is 2.59 bits per heavy atom. The largest absolute Gasteiger partial charge is 0.279 e. The topological polar surface area (TPSA) is 49.4 Å². The van der Waals surface area contributed by atoms with Crippen LogP contribution in [0.5, 0.6) is 0 Å². The highest BCUT2D eigenvalue weighted by atomic mass is 32.2. The highest BCUT2D eigenvalue weighted by Gasteiger charge is 2.32. The van der Waals surface area contributed by atoms with Crippen molar-refractivity contribution in [1.29, 1.82) is 0 Å². The molecule has 1 aliphatic rings. The Labute approximate surface area is 103 Å². The Hall–Kier alpha value is -0.910. The van der Waals surface area contributed by atoms with Crippen molar-refractivity contribution in [1.82, 2.24) is 9.03 Å². The van der Waals surface area contributed by atoms with E-state index in [1.54, 1.807) is 0 Å². The highest BCUT2D eigenvalue weighted by Crippen LogP contribution is 2.36. The number of benzene rings is 1. The molecule has 0 bridgehead atoms. The number of hydrogen-bond acceptors (Lipinski definition) is 2. The van der Waals surface area contributed by atoms with Gasteiger partial charge in [0.1, 0.15) is 0 Å². The van der Waals surface area contributed by atoms with Crippen LogP contribution in [0.1, 0.15) is 24.1 Å². The van der Waals surface area contributed by atoms with Crippen LogP contribution >= 0.6 is 0 Å². The molecule has 0 radical (unpaired) electrons. The molecule has 1 aliphatic carbocycles. The molecule has 0 spiro atoms. The van der Waals surface area contributed by atoms with Crippen LogP contribution in [0.3, 0.4) is 0 Å². The summed E-state index contributed by atoms with van der Waals surface area (Å²) in [6.07, 6.45) is 0.927. The predicted molar refractivity (Wildman–Crippen MR) is 67.8 cm³/mol. The van der Waals surface area contributed by atoms with Gasteiger partial charge in [-0.25, -0.2) is 0 Å². The fraction of sp³-hybridized carbons (Fsp3) is 0.500. The summed E-state index contributed by atoms with van der Waals surface area (Å²) >= 11 is 0. The Morgan fingerprint density at radius 2 is 1.94 bits per heavy atom. The van der Waals surface area contributed by atoms with E-state index >= 15 is 0 Å². The van der Waals surface area contributed by atoms with E-state index < -0.39 is 10.2 Å². The molecule has 1 aromatic carbocycles. The molecule has 0 fully saturated rings. The number of nitrogens with zero attached hydrogens (tertiary/aromatic N) is 1. The van der Waals surface area contributed by atoms with Gasteiger partial charge >= 0.3 is 0 Å². The third-order valence-corrected chi connectivity index (χ3v) is 4.77. The zero-order valence-corrected chi connectivity index (χ0v) is 11.2. The molecule has 1 N–H and O–H groups in total. The zero-order valence-electron chi connectivity index (χ0n) is 10.3. The second kappa shape index (κ2) is 4.40. The summed E-state index contributed by atoms with van der Waals surface area (Å²) in [5.41, 5.74) is 2.34. The van der Waals surface area contributed by atoms with Crippen LogP contribution < -0.4 is 4.72 Å². The summed E-state index contributed by atoms with van der Waals surface area (Å²) in [4.78, 5) is 0. The van der Waals surface area contributed by atoms with Gasteiger partial charge in [0, 0.05) is 14.1 Å². The van der Waals surface area contributed by atoms with Crippen molar-refractivity contribution in [3.05, 3.63) is 35.4 Å². The van der Waals surface area contributed by atoms with Crippen molar-refractivity contribution in [2.24, 2.45) is 5.92 Å². The van der Waals surface area contributed by atoms with E-state index in [0.29, 0.717) is 5.92 Å². The Bertz CT molecular complexity index is 511. The van der Waals surface area contributed by atoms with Crippen molar-refractivity contribution < 1.29 is 8.42 Å². The van der Waals surface area contributed by atoms with Crippen LogP contribution in [0, 0.1) is 5.92 Å². The van der Waals surface area contributed by atoms with Crippen molar-refractivity contribution in [2.45, 2.75) is 19.4 Å². The minimum absolute atomic E-state index is 0.112. The van der Waals surface area contributed by atoms with Gasteiger partial charge in [-0.1, -0.05) is 31.2 Å². The first-order valence-corrected chi connectivity index (χ1v) is 7.13. The second-order valence-corrected chi connectivity index (χ2v) is 6.68. The summed E-state index contributed by atoms with van der Waals surface area (Å²) < 4.78 is 27.7. The lowest BCUT2D eigenvalue weighted by atomic mass is 10.0. The van der Waals surface area contributed by atoms with Crippen LogP contribution in [0.15, 0.2) is 24.3 Å². The molecule has 0 aliphatic heterocycles. The number of hydrogen-bond donors (Lipinski definition) is 1. The molecule has 4 nitrogen and oxygen atoms in total. The Kier molecular flexibility index (Phi) is 3.25. The van der Waals surface area contributed by atoms with Gasteiger partial charge in [-0.2, -0.15) is 17.4 Å². The predicted octanol–water partition coefficient (Wildman–Crippen LogP) is 1.32. The van der Waals surface area contributed by atoms with E-state index in [1.807, 2.05) is 18.2 Å². The smallest absolute Gasteiger partial charge is 0.195 e. The SMILES string of the molecule is C[C@@H]1Cc2ccccc2[C@H]1NS(=O)(=O)N(C)C. The molecule has 94 valence electrons. The van der Waals surface area contributed by atoms with E-state index in [0.717, 1.165) is 12.0 Å². The van der Waals surface area contributed by atoms with Gasteiger partial charge in [0.15, 0.2) is 0 Å². The molecule has 0 amide bonds. The van der Waals surface area contributed by atoms with Gasteiger partial charge < -0.3 is 0 Å². The van der Waals surface area contributed by atoms with Gasteiger partial charge in [0.2, 0.25) is 0 Å². The van der Waals surface area contributed by atoms with Crippen LogP contribution in [0.2, 0.25) is 0 Å². The fourth-order valence-electron chi connectivity index (χ4n) is 2.24. The van der Waals surface area contributed by atoms with Crippen LogP contribution in [0.25, 0.3) is 0 Å². The molecule has 2 rings (SSSR count). The van der Waals surface area contributed by atoms with Gasteiger partial charge in [0.05, 0.1) is 6.04 Å². The van der Waals surface area contributed by atoms with Crippen molar-refractivity contribution in [3.63, 3.8) is 0 Å². The third kappa shape index (κ3) is 2.36. The Morgan fingerprint density at radius 1 is 1.29 bits per heavy atom. The van der Waals surface area contributed by atoms with Gasteiger partial charge in [-0.05, 0) is 23.5 Å². The maximum atomic E-state index is 11.9. The molecule has 0 saturated carbocycles. The monoisotopic (exact) mass is 254 g/mol. The lowest BCUT2D eigenvalue weighted by Crippen LogP contribution is -2.39. The minimum Gasteiger partial charge on any atom is -0.195 e. The van der Waals surface area contributed by atoms with E-state index in [1.165, 1.54) is 24.0 Å². The van der Waals surface area contributed by atoms with Crippen molar-refractivity contribution in [3.8, 4) is 0 Å². The van der Waals surface area contributed by atoms with E-state index in [2.05, 4.69) is 17.7 Å². The molecule has 1 aromatic rings. The standard InChI is InChI=1S/C12H18N2O2S/c1-9-8-10-6-4-5-7-11(10)12(9)13-17(15,16)14(2)3/h4-7,9,12-13H,8H2,1-3H3/t9-,12+/m1/s1. The molecule has 0 saturated heterocycles. The summed E-state index contributed by atoms with van der Waals surface area (Å²) in [5.74, 6) is 0.294. The molecule has 17 heavy (non-hydrogen) atoms. The lowest BCUT2D eigenvalue weighted by molar-refractivity contribution is 0.439. The summed E-state index contributed by atoms with van der Waals surface area (Å²) in [5, 5.41) is 0. The first kappa shape index (κ1) is 12.5. The lowest BCUT2D eigenvalue weighted by Gasteiger charge is -2.21. The third-order valence-electron chi connectivity index (χ3n) is 3.26. The zero-order chi connectivity index (χ0) is 12.6. The average Bonchev–Trinajstić information content (AvgIpc) is 2.55.